The zero-order valence-corrected chi connectivity index (χ0v) is 18.0. The minimum Gasteiger partial charge on any atom is -0.346 e. The Labute approximate surface area is 185 Å². The normalized spacial score (nSPS) is 14.2. The summed E-state index contributed by atoms with van der Waals surface area (Å²) >= 11 is 7.48. The monoisotopic (exact) mass is 436 g/mol. The third-order valence-electron chi connectivity index (χ3n) is 5.07. The first-order valence-corrected chi connectivity index (χ1v) is 11.0. The smallest absolute Gasteiger partial charge is 0.251 e. The van der Waals surface area contributed by atoms with Crippen molar-refractivity contribution in [2.75, 3.05) is 10.7 Å². The van der Waals surface area contributed by atoms with E-state index in [-0.39, 0.29) is 17.9 Å². The van der Waals surface area contributed by atoms with Gasteiger partial charge in [-0.05, 0) is 48.4 Å². The van der Waals surface area contributed by atoms with Crippen LogP contribution in [0.5, 0.6) is 0 Å². The number of carbonyl (C=O) groups excluding carboxylic acids is 2. The van der Waals surface area contributed by atoms with Gasteiger partial charge in [0.1, 0.15) is 0 Å². The van der Waals surface area contributed by atoms with Crippen LogP contribution in [-0.4, -0.2) is 17.6 Å². The first kappa shape index (κ1) is 20.5. The van der Waals surface area contributed by atoms with Gasteiger partial charge in [-0.15, -0.1) is 11.8 Å². The number of rotatable bonds is 5. The van der Waals surface area contributed by atoms with E-state index in [1.807, 2.05) is 79.7 Å². The van der Waals surface area contributed by atoms with Crippen molar-refractivity contribution in [1.29, 1.82) is 0 Å². The van der Waals surface area contributed by atoms with Gasteiger partial charge in [-0.1, -0.05) is 54.1 Å². The molecule has 3 aromatic carbocycles. The predicted octanol–water partition coefficient (Wildman–Crippen LogP) is 5.47. The summed E-state index contributed by atoms with van der Waals surface area (Å²) in [5, 5.41) is 3.70. The van der Waals surface area contributed by atoms with Crippen molar-refractivity contribution in [3.05, 3.63) is 94.5 Å². The summed E-state index contributed by atoms with van der Waals surface area (Å²) in [6.07, 6.45) is 0. The van der Waals surface area contributed by atoms with Crippen LogP contribution in [0, 0.1) is 0 Å². The number of thioether (sulfide) groups is 1. The number of carbonyl (C=O) groups is 2. The summed E-state index contributed by atoms with van der Waals surface area (Å²) in [5.41, 5.74) is 3.33. The molecule has 1 aliphatic heterocycles. The number of fused-ring (bicyclic) bond motifs is 1. The van der Waals surface area contributed by atoms with E-state index in [2.05, 4.69) is 5.32 Å². The van der Waals surface area contributed by atoms with Crippen molar-refractivity contribution < 1.29 is 9.59 Å². The first-order valence-electron chi connectivity index (χ1n) is 9.69. The Bertz CT molecular complexity index is 1070. The van der Waals surface area contributed by atoms with E-state index < -0.39 is 0 Å². The fourth-order valence-corrected chi connectivity index (χ4v) is 4.44. The molecule has 4 rings (SSSR count). The lowest BCUT2D eigenvalue weighted by atomic mass is 10.1. The summed E-state index contributed by atoms with van der Waals surface area (Å²) in [4.78, 5) is 28.3. The van der Waals surface area contributed by atoms with Crippen LogP contribution in [0.15, 0.2) is 77.7 Å². The van der Waals surface area contributed by atoms with Gasteiger partial charge in [-0.2, -0.15) is 0 Å². The number of hydrogen-bond acceptors (Lipinski definition) is 3. The highest BCUT2D eigenvalue weighted by atomic mass is 35.5. The van der Waals surface area contributed by atoms with E-state index >= 15 is 0 Å². The lowest BCUT2D eigenvalue weighted by molar-refractivity contribution is -0.116. The molecule has 0 fully saturated rings. The van der Waals surface area contributed by atoms with Gasteiger partial charge in [0.15, 0.2) is 0 Å². The van der Waals surface area contributed by atoms with E-state index in [9.17, 15) is 9.59 Å². The molecule has 152 valence electrons. The summed E-state index contributed by atoms with van der Waals surface area (Å²) in [6.45, 7) is 2.40. The van der Waals surface area contributed by atoms with E-state index in [4.69, 9.17) is 11.6 Å². The fourth-order valence-electron chi connectivity index (χ4n) is 3.39. The minimum atomic E-state index is -0.163. The molecule has 0 bridgehead atoms. The molecule has 2 amide bonds. The molecule has 6 heteroatoms. The molecule has 1 atom stereocenters. The Morgan fingerprint density at radius 2 is 1.83 bits per heavy atom. The van der Waals surface area contributed by atoms with Gasteiger partial charge in [-0.3, -0.25) is 9.59 Å². The van der Waals surface area contributed by atoms with Crippen LogP contribution in [0.1, 0.15) is 34.5 Å². The molecule has 3 aromatic rings. The third kappa shape index (κ3) is 4.53. The Hall–Kier alpha value is -2.76. The van der Waals surface area contributed by atoms with Crippen molar-refractivity contribution in [2.45, 2.75) is 24.4 Å². The molecule has 0 saturated carbocycles. The summed E-state index contributed by atoms with van der Waals surface area (Å²) in [7, 11) is 0. The zero-order chi connectivity index (χ0) is 21.1. The Morgan fingerprint density at radius 1 is 1.10 bits per heavy atom. The van der Waals surface area contributed by atoms with Gasteiger partial charge in [0, 0.05) is 15.5 Å². The highest BCUT2D eigenvalue weighted by molar-refractivity contribution is 8.00. The van der Waals surface area contributed by atoms with Gasteiger partial charge >= 0.3 is 0 Å². The van der Waals surface area contributed by atoms with Crippen LogP contribution in [0.2, 0.25) is 5.02 Å². The van der Waals surface area contributed by atoms with Crippen LogP contribution in [0.25, 0.3) is 0 Å². The standard InChI is InChI=1S/C24H21ClN2O2S/c1-16(18-5-3-2-4-6-18)26-24(29)19-9-12-22-21(13-19)27(23(28)15-30-22)14-17-7-10-20(25)11-8-17/h2-13,16H,14-15H2,1H3,(H,26,29)/t16-/m0/s1. The van der Waals surface area contributed by atoms with Crippen LogP contribution >= 0.6 is 23.4 Å². The maximum atomic E-state index is 12.9. The number of nitrogens with zero attached hydrogens (tertiary/aromatic N) is 1. The molecule has 0 aliphatic carbocycles. The molecule has 1 heterocycles. The van der Waals surface area contributed by atoms with E-state index in [0.29, 0.717) is 22.9 Å². The van der Waals surface area contributed by atoms with Gasteiger partial charge in [0.05, 0.1) is 24.0 Å². The molecule has 1 N–H and O–H groups in total. The Balaban J connectivity index is 1.57. The van der Waals surface area contributed by atoms with Gasteiger partial charge in [0.2, 0.25) is 5.91 Å². The number of anilines is 1. The molecule has 0 radical (unpaired) electrons. The maximum Gasteiger partial charge on any atom is 0.251 e. The van der Waals surface area contributed by atoms with E-state index in [1.165, 1.54) is 11.8 Å². The van der Waals surface area contributed by atoms with Crippen molar-refractivity contribution in [3.63, 3.8) is 0 Å². The SMILES string of the molecule is C[C@H](NC(=O)c1ccc2c(c1)N(Cc1ccc(Cl)cc1)C(=O)CS2)c1ccccc1. The average molecular weight is 437 g/mol. The highest BCUT2D eigenvalue weighted by Gasteiger charge is 2.26. The van der Waals surface area contributed by atoms with Gasteiger partial charge in [0.25, 0.3) is 5.91 Å². The lowest BCUT2D eigenvalue weighted by Crippen LogP contribution is -2.35. The molecular formula is C24H21ClN2O2S. The van der Waals surface area contributed by atoms with Crippen molar-refractivity contribution >= 4 is 40.9 Å². The fraction of sp³-hybridized carbons (Fsp3) is 0.167. The summed E-state index contributed by atoms with van der Waals surface area (Å²) < 4.78 is 0. The van der Waals surface area contributed by atoms with Crippen molar-refractivity contribution in [3.8, 4) is 0 Å². The maximum absolute atomic E-state index is 12.9. The first-order chi connectivity index (χ1) is 14.5. The molecule has 0 aromatic heterocycles. The van der Waals surface area contributed by atoms with Crippen LogP contribution in [0.3, 0.4) is 0 Å². The number of benzene rings is 3. The highest BCUT2D eigenvalue weighted by Crippen LogP contribution is 2.37. The van der Waals surface area contributed by atoms with Gasteiger partial charge < -0.3 is 10.2 Å². The van der Waals surface area contributed by atoms with Crippen LogP contribution in [-0.2, 0) is 11.3 Å². The van der Waals surface area contributed by atoms with Crippen molar-refractivity contribution in [1.82, 2.24) is 5.32 Å². The molecule has 0 saturated heterocycles. The number of halogens is 1. The Morgan fingerprint density at radius 3 is 2.57 bits per heavy atom. The molecule has 0 spiro atoms. The topological polar surface area (TPSA) is 49.4 Å². The summed E-state index contributed by atoms with van der Waals surface area (Å²) in [5.74, 6) is 0.248. The molecular weight excluding hydrogens is 416 g/mol. The number of nitrogens with one attached hydrogen (secondary N) is 1. The van der Waals surface area contributed by atoms with E-state index in [1.54, 1.807) is 4.90 Å². The second-order valence-electron chi connectivity index (χ2n) is 7.18. The number of amides is 2. The second-order valence-corrected chi connectivity index (χ2v) is 8.64. The molecule has 30 heavy (non-hydrogen) atoms. The third-order valence-corrected chi connectivity index (χ3v) is 6.36. The van der Waals surface area contributed by atoms with Gasteiger partial charge in [-0.25, -0.2) is 0 Å². The van der Waals surface area contributed by atoms with Crippen LogP contribution < -0.4 is 10.2 Å². The minimum absolute atomic E-state index is 0.0256. The predicted molar refractivity (Wildman–Crippen MR) is 122 cm³/mol. The molecule has 1 aliphatic rings. The molecule has 0 unspecified atom stereocenters. The average Bonchev–Trinajstić information content (AvgIpc) is 2.77. The molecule has 4 nitrogen and oxygen atoms in total. The lowest BCUT2D eigenvalue weighted by Gasteiger charge is -2.29. The zero-order valence-electron chi connectivity index (χ0n) is 16.5. The Kier molecular flexibility index (Phi) is 6.11. The number of hydrogen-bond donors (Lipinski definition) is 1. The largest absolute Gasteiger partial charge is 0.346 e. The van der Waals surface area contributed by atoms with E-state index in [0.717, 1.165) is 21.7 Å². The summed E-state index contributed by atoms with van der Waals surface area (Å²) in [6, 6.07) is 22.7. The quantitative estimate of drug-likeness (QED) is 0.577. The van der Waals surface area contributed by atoms with Crippen LogP contribution in [0.4, 0.5) is 5.69 Å². The second kappa shape index (κ2) is 8.94. The van der Waals surface area contributed by atoms with Crippen molar-refractivity contribution in [2.24, 2.45) is 0 Å².